The number of unbranched alkanes of at least 4 members (excludes halogenated alkanes) is 6. The molecule has 0 aromatic heterocycles. The van der Waals surface area contributed by atoms with E-state index in [2.05, 4.69) is 31.1 Å². The molecule has 1 aliphatic rings. The van der Waals surface area contributed by atoms with Crippen LogP contribution in [0.15, 0.2) is 48.6 Å². The summed E-state index contributed by atoms with van der Waals surface area (Å²) in [6.07, 6.45) is 8.82. The molecule has 2 aromatic rings. The van der Waals surface area contributed by atoms with Crippen LogP contribution in [0.3, 0.4) is 0 Å². The number of benzene rings is 2. The largest absolute Gasteiger partial charge is 0.493 e. The number of hydrogen-bond acceptors (Lipinski definition) is 3. The van der Waals surface area contributed by atoms with Gasteiger partial charge in [0.15, 0.2) is 0 Å². The molecule has 1 fully saturated rings. The highest BCUT2D eigenvalue weighted by atomic mass is 16.5. The summed E-state index contributed by atoms with van der Waals surface area (Å²) in [4.78, 5) is 12.4. The van der Waals surface area contributed by atoms with Crippen molar-refractivity contribution in [3.05, 3.63) is 48.6 Å². The Kier molecular flexibility index (Phi) is 6.88. The second-order valence-corrected chi connectivity index (χ2v) is 7.18. The first-order valence-electron chi connectivity index (χ1n) is 10.1. The van der Waals surface area contributed by atoms with E-state index in [4.69, 9.17) is 4.74 Å². The van der Waals surface area contributed by atoms with Crippen molar-refractivity contribution in [2.45, 2.75) is 51.9 Å². The molecule has 2 aromatic carbocycles. The quantitative estimate of drug-likeness (QED) is 0.453. The Morgan fingerprint density at radius 2 is 1.74 bits per heavy atom. The van der Waals surface area contributed by atoms with Gasteiger partial charge in [0.1, 0.15) is 5.75 Å². The van der Waals surface area contributed by atoms with Crippen molar-refractivity contribution in [2.24, 2.45) is 0 Å². The lowest BCUT2D eigenvalue weighted by molar-refractivity contribution is -0.114. The van der Waals surface area contributed by atoms with Crippen LogP contribution < -0.4 is 15.2 Å². The average Bonchev–Trinajstić information content (AvgIpc) is 3.02. The molecular weight excluding hydrogens is 336 g/mol. The number of rotatable bonds is 10. The van der Waals surface area contributed by atoms with Crippen LogP contribution in [0.2, 0.25) is 0 Å². The molecule has 1 N–H and O–H groups in total. The number of hydrazine groups is 1. The van der Waals surface area contributed by atoms with E-state index in [0.29, 0.717) is 18.7 Å². The Labute approximate surface area is 162 Å². The smallest absolute Gasteiger partial charge is 0.269 e. The monoisotopic (exact) mass is 366 g/mol. The molecule has 1 saturated heterocycles. The van der Waals surface area contributed by atoms with Crippen LogP contribution in [0.25, 0.3) is 10.8 Å². The predicted octanol–water partition coefficient (Wildman–Crippen LogP) is 5.38. The lowest BCUT2D eigenvalue weighted by Gasteiger charge is -2.20. The van der Waals surface area contributed by atoms with E-state index in [0.717, 1.165) is 28.6 Å². The standard InChI is InChI=1S/C23H30N2O2/c1-3-4-5-6-7-8-9-16-27-21-15-11-13-19-12-10-14-20(22(19)21)25-23(26)18(2)17-24-25/h10-15,24H,2-9,16-17H2,1H3. The van der Waals surface area contributed by atoms with Crippen LogP contribution in [0.1, 0.15) is 51.9 Å². The Morgan fingerprint density at radius 1 is 1.04 bits per heavy atom. The molecule has 0 unspecified atom stereocenters. The topological polar surface area (TPSA) is 41.6 Å². The lowest BCUT2D eigenvalue weighted by atomic mass is 10.1. The number of anilines is 1. The van der Waals surface area contributed by atoms with E-state index < -0.39 is 0 Å². The Hall–Kier alpha value is -2.33. The van der Waals surface area contributed by atoms with E-state index in [-0.39, 0.29) is 5.91 Å². The lowest BCUT2D eigenvalue weighted by Crippen LogP contribution is -2.34. The fraction of sp³-hybridized carbons (Fsp3) is 0.435. The van der Waals surface area contributed by atoms with E-state index in [9.17, 15) is 4.79 Å². The number of carbonyl (C=O) groups is 1. The van der Waals surface area contributed by atoms with Gasteiger partial charge >= 0.3 is 0 Å². The third-order valence-corrected chi connectivity index (χ3v) is 5.05. The molecule has 0 bridgehead atoms. The first kappa shape index (κ1) is 19.4. The normalized spacial score (nSPS) is 14.3. The summed E-state index contributed by atoms with van der Waals surface area (Å²) in [5.74, 6) is 0.755. The fourth-order valence-electron chi connectivity index (χ4n) is 3.51. The molecule has 4 heteroatoms. The van der Waals surface area contributed by atoms with Crippen molar-refractivity contribution in [3.63, 3.8) is 0 Å². The zero-order valence-corrected chi connectivity index (χ0v) is 16.3. The van der Waals surface area contributed by atoms with Crippen LogP contribution in [0, 0.1) is 0 Å². The van der Waals surface area contributed by atoms with E-state index in [1.54, 1.807) is 5.01 Å². The first-order chi connectivity index (χ1) is 13.2. The third kappa shape index (κ3) is 4.69. The molecule has 1 amide bonds. The zero-order chi connectivity index (χ0) is 19.1. The van der Waals surface area contributed by atoms with Crippen LogP contribution in [-0.4, -0.2) is 19.1 Å². The van der Waals surface area contributed by atoms with Gasteiger partial charge in [-0.05, 0) is 23.9 Å². The number of fused-ring (bicyclic) bond motifs is 1. The van der Waals surface area contributed by atoms with Crippen molar-refractivity contribution >= 4 is 22.4 Å². The number of ether oxygens (including phenoxy) is 1. The summed E-state index contributed by atoms with van der Waals surface area (Å²) in [6, 6.07) is 12.0. The summed E-state index contributed by atoms with van der Waals surface area (Å²) in [7, 11) is 0. The number of hydrogen-bond donors (Lipinski definition) is 1. The molecule has 0 spiro atoms. The minimum absolute atomic E-state index is 0.0793. The molecule has 27 heavy (non-hydrogen) atoms. The molecule has 144 valence electrons. The van der Waals surface area contributed by atoms with Gasteiger partial charge in [-0.1, -0.05) is 76.3 Å². The molecule has 0 saturated carbocycles. The fourth-order valence-corrected chi connectivity index (χ4v) is 3.51. The number of carbonyl (C=O) groups excluding carboxylic acids is 1. The van der Waals surface area contributed by atoms with Gasteiger partial charge in [-0.15, -0.1) is 0 Å². The van der Waals surface area contributed by atoms with Crippen LogP contribution in [-0.2, 0) is 4.79 Å². The SMILES string of the molecule is C=C1CNN(c2cccc3cccc(OCCCCCCCCC)c23)C1=O. The van der Waals surface area contributed by atoms with Gasteiger partial charge < -0.3 is 4.74 Å². The zero-order valence-electron chi connectivity index (χ0n) is 16.3. The van der Waals surface area contributed by atoms with Gasteiger partial charge in [0.25, 0.3) is 5.91 Å². The molecular formula is C23H30N2O2. The van der Waals surface area contributed by atoms with Crippen LogP contribution >= 0.6 is 0 Å². The first-order valence-corrected chi connectivity index (χ1v) is 10.1. The van der Waals surface area contributed by atoms with Crippen LogP contribution in [0.4, 0.5) is 5.69 Å². The average molecular weight is 367 g/mol. The van der Waals surface area contributed by atoms with Gasteiger partial charge in [-0.2, -0.15) is 0 Å². The number of amides is 1. The summed E-state index contributed by atoms with van der Waals surface area (Å²) in [5.41, 5.74) is 4.52. The minimum atomic E-state index is -0.0793. The second kappa shape index (κ2) is 9.56. The van der Waals surface area contributed by atoms with Crippen molar-refractivity contribution < 1.29 is 9.53 Å². The Balaban J connectivity index is 1.67. The summed E-state index contributed by atoms with van der Waals surface area (Å²) in [6.45, 7) is 7.25. The van der Waals surface area contributed by atoms with E-state index >= 15 is 0 Å². The molecule has 1 heterocycles. The van der Waals surface area contributed by atoms with Crippen molar-refractivity contribution in [1.29, 1.82) is 0 Å². The molecule has 0 atom stereocenters. The molecule has 1 aliphatic heterocycles. The summed E-state index contributed by atoms with van der Waals surface area (Å²) < 4.78 is 6.12. The van der Waals surface area contributed by atoms with Gasteiger partial charge in [0.05, 0.1) is 12.3 Å². The molecule has 0 radical (unpaired) electrons. The van der Waals surface area contributed by atoms with Gasteiger partial charge in [0.2, 0.25) is 0 Å². The van der Waals surface area contributed by atoms with Crippen molar-refractivity contribution in [1.82, 2.24) is 5.43 Å². The predicted molar refractivity (Wildman–Crippen MR) is 112 cm³/mol. The van der Waals surface area contributed by atoms with Gasteiger partial charge in [-0.3, -0.25) is 4.79 Å². The second-order valence-electron chi connectivity index (χ2n) is 7.18. The third-order valence-electron chi connectivity index (χ3n) is 5.05. The summed E-state index contributed by atoms with van der Waals surface area (Å²) in [5, 5.41) is 3.63. The maximum Gasteiger partial charge on any atom is 0.269 e. The highest BCUT2D eigenvalue weighted by molar-refractivity contribution is 6.12. The minimum Gasteiger partial charge on any atom is -0.493 e. The highest BCUT2D eigenvalue weighted by Gasteiger charge is 2.27. The molecule has 0 aliphatic carbocycles. The van der Waals surface area contributed by atoms with Crippen LogP contribution in [0.5, 0.6) is 5.75 Å². The molecule has 3 rings (SSSR count). The Bertz CT molecular complexity index is 795. The summed E-state index contributed by atoms with van der Waals surface area (Å²) >= 11 is 0. The Morgan fingerprint density at radius 3 is 2.44 bits per heavy atom. The number of nitrogens with zero attached hydrogens (tertiary/aromatic N) is 1. The van der Waals surface area contributed by atoms with Gasteiger partial charge in [0, 0.05) is 17.5 Å². The van der Waals surface area contributed by atoms with E-state index in [1.807, 2.05) is 24.3 Å². The molecule has 4 nitrogen and oxygen atoms in total. The maximum atomic E-state index is 12.4. The van der Waals surface area contributed by atoms with Crippen molar-refractivity contribution in [2.75, 3.05) is 18.2 Å². The van der Waals surface area contributed by atoms with Gasteiger partial charge in [-0.25, -0.2) is 10.4 Å². The maximum absolute atomic E-state index is 12.4. The highest BCUT2D eigenvalue weighted by Crippen LogP contribution is 2.35. The number of nitrogens with one attached hydrogen (secondary N) is 1. The van der Waals surface area contributed by atoms with E-state index in [1.165, 1.54) is 38.5 Å². The van der Waals surface area contributed by atoms with Crippen molar-refractivity contribution in [3.8, 4) is 5.75 Å².